The standard InChI is InChI=1S/C12H21N3O2/c1-4-6-15-7-5-13-11(12(15)16)14-8-10(2)9-17-3/h5,7,10H,4,6,8-9H2,1-3H3,(H,13,14). The summed E-state index contributed by atoms with van der Waals surface area (Å²) in [5, 5.41) is 3.07. The van der Waals surface area contributed by atoms with Gasteiger partial charge in [-0.1, -0.05) is 13.8 Å². The Bertz CT molecular complexity index is 390. The van der Waals surface area contributed by atoms with Gasteiger partial charge in [-0.2, -0.15) is 0 Å². The molecule has 0 saturated heterocycles. The molecule has 1 N–H and O–H groups in total. The Morgan fingerprint density at radius 1 is 1.59 bits per heavy atom. The van der Waals surface area contributed by atoms with Crippen LogP contribution in [0.25, 0.3) is 0 Å². The van der Waals surface area contributed by atoms with Crippen LogP contribution in [0.15, 0.2) is 17.2 Å². The highest BCUT2D eigenvalue weighted by Crippen LogP contribution is 1.99. The van der Waals surface area contributed by atoms with E-state index in [0.29, 0.717) is 24.9 Å². The quantitative estimate of drug-likeness (QED) is 0.780. The predicted octanol–water partition coefficient (Wildman–Crippen LogP) is 1.35. The summed E-state index contributed by atoms with van der Waals surface area (Å²) in [6.45, 7) is 6.18. The number of methoxy groups -OCH3 is 1. The van der Waals surface area contributed by atoms with E-state index in [4.69, 9.17) is 4.74 Å². The molecule has 5 heteroatoms. The molecule has 96 valence electrons. The Balaban J connectivity index is 2.65. The zero-order valence-electron chi connectivity index (χ0n) is 10.8. The average Bonchev–Trinajstić information content (AvgIpc) is 2.31. The molecule has 5 nitrogen and oxygen atoms in total. The normalized spacial score (nSPS) is 12.4. The van der Waals surface area contributed by atoms with E-state index in [1.165, 1.54) is 0 Å². The first-order chi connectivity index (χ1) is 8.19. The van der Waals surface area contributed by atoms with Crippen molar-refractivity contribution in [3.8, 4) is 0 Å². The number of hydrogen-bond donors (Lipinski definition) is 1. The highest BCUT2D eigenvalue weighted by atomic mass is 16.5. The molecular formula is C12H21N3O2. The maximum absolute atomic E-state index is 11.9. The second kappa shape index (κ2) is 7.06. The van der Waals surface area contributed by atoms with Gasteiger partial charge in [0.25, 0.3) is 5.56 Å². The van der Waals surface area contributed by atoms with E-state index in [-0.39, 0.29) is 5.56 Å². The number of nitrogens with zero attached hydrogens (tertiary/aromatic N) is 2. The summed E-state index contributed by atoms with van der Waals surface area (Å²) in [6, 6.07) is 0. The fraction of sp³-hybridized carbons (Fsp3) is 0.667. The van der Waals surface area contributed by atoms with E-state index in [1.807, 2.05) is 6.92 Å². The highest BCUT2D eigenvalue weighted by molar-refractivity contribution is 5.30. The van der Waals surface area contributed by atoms with Crippen LogP contribution < -0.4 is 10.9 Å². The molecule has 0 radical (unpaired) electrons. The third-order valence-electron chi connectivity index (χ3n) is 2.45. The number of rotatable bonds is 7. The third-order valence-corrected chi connectivity index (χ3v) is 2.45. The lowest BCUT2D eigenvalue weighted by Crippen LogP contribution is -2.26. The van der Waals surface area contributed by atoms with Gasteiger partial charge in [0.2, 0.25) is 0 Å². The summed E-state index contributed by atoms with van der Waals surface area (Å²) in [5.74, 6) is 0.768. The summed E-state index contributed by atoms with van der Waals surface area (Å²) in [6.07, 6.45) is 4.30. The average molecular weight is 239 g/mol. The minimum absolute atomic E-state index is 0.0565. The molecule has 0 saturated carbocycles. The number of aromatic nitrogens is 2. The number of aryl methyl sites for hydroxylation is 1. The van der Waals surface area contributed by atoms with Gasteiger partial charge in [-0.15, -0.1) is 0 Å². The van der Waals surface area contributed by atoms with Gasteiger partial charge in [-0.25, -0.2) is 4.98 Å². The molecule has 1 rings (SSSR count). The van der Waals surface area contributed by atoms with Gasteiger partial charge in [0.05, 0.1) is 6.61 Å². The topological polar surface area (TPSA) is 56.1 Å². The first-order valence-corrected chi connectivity index (χ1v) is 5.97. The van der Waals surface area contributed by atoms with Crippen LogP contribution in [0, 0.1) is 5.92 Å². The predicted molar refractivity (Wildman–Crippen MR) is 68.3 cm³/mol. The molecule has 0 bridgehead atoms. The van der Waals surface area contributed by atoms with Gasteiger partial charge >= 0.3 is 0 Å². The van der Waals surface area contributed by atoms with Crippen LogP contribution in [-0.2, 0) is 11.3 Å². The second-order valence-electron chi connectivity index (χ2n) is 4.22. The lowest BCUT2D eigenvalue weighted by Gasteiger charge is -2.12. The van der Waals surface area contributed by atoms with Crippen LogP contribution in [-0.4, -0.2) is 29.8 Å². The zero-order chi connectivity index (χ0) is 12.7. The Morgan fingerprint density at radius 2 is 2.35 bits per heavy atom. The van der Waals surface area contributed by atoms with Crippen LogP contribution in [0.5, 0.6) is 0 Å². The maximum Gasteiger partial charge on any atom is 0.293 e. The number of anilines is 1. The maximum atomic E-state index is 11.9. The molecule has 0 aromatic carbocycles. The Labute approximate surface area is 102 Å². The van der Waals surface area contributed by atoms with E-state index in [1.54, 1.807) is 24.1 Å². The number of nitrogens with one attached hydrogen (secondary N) is 1. The van der Waals surface area contributed by atoms with Crippen molar-refractivity contribution in [2.75, 3.05) is 25.6 Å². The molecular weight excluding hydrogens is 218 g/mol. The van der Waals surface area contributed by atoms with E-state index in [2.05, 4.69) is 17.2 Å². The van der Waals surface area contributed by atoms with Crippen molar-refractivity contribution in [1.82, 2.24) is 9.55 Å². The van der Waals surface area contributed by atoms with Gasteiger partial charge < -0.3 is 14.6 Å². The Morgan fingerprint density at radius 3 is 3.00 bits per heavy atom. The van der Waals surface area contributed by atoms with E-state index in [0.717, 1.165) is 13.0 Å². The van der Waals surface area contributed by atoms with Crippen molar-refractivity contribution in [3.05, 3.63) is 22.7 Å². The van der Waals surface area contributed by atoms with Crippen molar-refractivity contribution < 1.29 is 4.74 Å². The number of hydrogen-bond acceptors (Lipinski definition) is 4. The van der Waals surface area contributed by atoms with E-state index >= 15 is 0 Å². The van der Waals surface area contributed by atoms with Crippen molar-refractivity contribution >= 4 is 5.82 Å². The van der Waals surface area contributed by atoms with Crippen LogP contribution >= 0.6 is 0 Å². The van der Waals surface area contributed by atoms with Gasteiger partial charge in [-0.05, 0) is 12.3 Å². The fourth-order valence-electron chi connectivity index (χ4n) is 1.60. The van der Waals surface area contributed by atoms with Crippen LogP contribution in [0.1, 0.15) is 20.3 Å². The van der Waals surface area contributed by atoms with E-state index < -0.39 is 0 Å². The minimum Gasteiger partial charge on any atom is -0.384 e. The monoisotopic (exact) mass is 239 g/mol. The molecule has 17 heavy (non-hydrogen) atoms. The molecule has 1 unspecified atom stereocenters. The summed E-state index contributed by atoms with van der Waals surface area (Å²) < 4.78 is 6.72. The van der Waals surface area contributed by atoms with Crippen molar-refractivity contribution in [3.63, 3.8) is 0 Å². The molecule has 1 atom stereocenters. The molecule has 0 aliphatic heterocycles. The Kier molecular flexibility index (Phi) is 5.69. The fourth-order valence-corrected chi connectivity index (χ4v) is 1.60. The van der Waals surface area contributed by atoms with Crippen LogP contribution in [0.3, 0.4) is 0 Å². The molecule has 0 aliphatic carbocycles. The van der Waals surface area contributed by atoms with Gasteiger partial charge in [0.15, 0.2) is 5.82 Å². The lowest BCUT2D eigenvalue weighted by molar-refractivity contribution is 0.164. The van der Waals surface area contributed by atoms with Crippen LogP contribution in [0.4, 0.5) is 5.82 Å². The van der Waals surface area contributed by atoms with Crippen LogP contribution in [0.2, 0.25) is 0 Å². The van der Waals surface area contributed by atoms with Gasteiger partial charge in [0.1, 0.15) is 0 Å². The van der Waals surface area contributed by atoms with Gasteiger partial charge in [-0.3, -0.25) is 4.79 Å². The molecule has 0 spiro atoms. The van der Waals surface area contributed by atoms with Crippen molar-refractivity contribution in [1.29, 1.82) is 0 Å². The summed E-state index contributed by atoms with van der Waals surface area (Å²) in [5.41, 5.74) is -0.0565. The Hall–Kier alpha value is -1.36. The largest absolute Gasteiger partial charge is 0.384 e. The van der Waals surface area contributed by atoms with Crippen molar-refractivity contribution in [2.24, 2.45) is 5.92 Å². The minimum atomic E-state index is -0.0565. The summed E-state index contributed by atoms with van der Waals surface area (Å²) in [7, 11) is 1.67. The highest BCUT2D eigenvalue weighted by Gasteiger charge is 2.06. The second-order valence-corrected chi connectivity index (χ2v) is 4.22. The third kappa shape index (κ3) is 4.19. The molecule has 0 fully saturated rings. The van der Waals surface area contributed by atoms with E-state index in [9.17, 15) is 4.79 Å². The summed E-state index contributed by atoms with van der Waals surface area (Å²) >= 11 is 0. The smallest absolute Gasteiger partial charge is 0.293 e. The zero-order valence-corrected chi connectivity index (χ0v) is 10.8. The summed E-state index contributed by atoms with van der Waals surface area (Å²) in [4.78, 5) is 16.0. The SMILES string of the molecule is CCCn1ccnc(NCC(C)COC)c1=O. The molecule has 1 aromatic rings. The first-order valence-electron chi connectivity index (χ1n) is 5.97. The molecule has 1 heterocycles. The first kappa shape index (κ1) is 13.7. The lowest BCUT2D eigenvalue weighted by atomic mass is 10.2. The number of ether oxygens (including phenoxy) is 1. The molecule has 0 aliphatic rings. The molecule has 0 amide bonds. The van der Waals surface area contributed by atoms with Crippen molar-refractivity contribution in [2.45, 2.75) is 26.8 Å². The molecule has 1 aromatic heterocycles. The van der Waals surface area contributed by atoms with Gasteiger partial charge in [0, 0.05) is 32.6 Å².